The molecule has 0 atom stereocenters. The largest absolute Gasteiger partial charge is 0.322 e. The quantitative estimate of drug-likeness (QED) is 0.778. The number of alkyl halides is 1. The average Bonchev–Trinajstić information content (AvgIpc) is 2.48. The molecule has 0 fully saturated rings. The van der Waals surface area contributed by atoms with Crippen LogP contribution in [0.15, 0.2) is 42.5 Å². The molecule has 21 heavy (non-hydrogen) atoms. The number of hydrogen-bond donors (Lipinski definition) is 1. The highest BCUT2D eigenvalue weighted by molar-refractivity contribution is 6.30. The Kier molecular flexibility index (Phi) is 5.59. The second-order valence-corrected chi connectivity index (χ2v) is 5.36. The van der Waals surface area contributed by atoms with E-state index >= 15 is 0 Å². The van der Waals surface area contributed by atoms with Gasteiger partial charge in [0, 0.05) is 17.1 Å². The summed E-state index contributed by atoms with van der Waals surface area (Å²) in [5.41, 5.74) is 1.99. The first-order valence-corrected chi connectivity index (χ1v) is 7.42. The second-order valence-electron chi connectivity index (χ2n) is 4.58. The van der Waals surface area contributed by atoms with E-state index < -0.39 is 5.82 Å². The van der Waals surface area contributed by atoms with Crippen molar-refractivity contribution in [2.45, 2.75) is 12.8 Å². The van der Waals surface area contributed by atoms with Crippen molar-refractivity contribution in [1.82, 2.24) is 0 Å². The van der Waals surface area contributed by atoms with E-state index in [9.17, 15) is 9.18 Å². The highest BCUT2D eigenvalue weighted by Crippen LogP contribution is 2.18. The van der Waals surface area contributed by atoms with Gasteiger partial charge in [0.2, 0.25) is 0 Å². The molecule has 1 N–H and O–H groups in total. The van der Waals surface area contributed by atoms with Crippen LogP contribution < -0.4 is 5.32 Å². The van der Waals surface area contributed by atoms with Crippen LogP contribution in [0, 0.1) is 5.82 Å². The third-order valence-corrected chi connectivity index (χ3v) is 3.54. The lowest BCUT2D eigenvalue weighted by Crippen LogP contribution is -2.12. The minimum Gasteiger partial charge on any atom is -0.322 e. The van der Waals surface area contributed by atoms with Gasteiger partial charge in [0.05, 0.1) is 5.02 Å². The van der Waals surface area contributed by atoms with Crippen LogP contribution in [0.2, 0.25) is 5.02 Å². The maximum atomic E-state index is 13.4. The minimum atomic E-state index is -0.611. The fourth-order valence-electron chi connectivity index (χ4n) is 1.92. The normalized spacial score (nSPS) is 10.4. The van der Waals surface area contributed by atoms with Gasteiger partial charge in [-0.15, -0.1) is 11.6 Å². The highest BCUT2D eigenvalue weighted by Gasteiger charge is 2.09. The molecule has 0 saturated heterocycles. The van der Waals surface area contributed by atoms with E-state index in [0.29, 0.717) is 11.6 Å². The first-order chi connectivity index (χ1) is 10.1. The predicted molar refractivity (Wildman–Crippen MR) is 84.8 cm³/mol. The van der Waals surface area contributed by atoms with Gasteiger partial charge in [0.25, 0.3) is 5.91 Å². The highest BCUT2D eigenvalue weighted by atomic mass is 35.5. The summed E-state index contributed by atoms with van der Waals surface area (Å²) in [6.45, 7) is 0. The molecule has 0 spiro atoms. The molecule has 0 aliphatic carbocycles. The number of carbonyl (C=O) groups excluding carboxylic acids is 1. The number of hydrogen-bond acceptors (Lipinski definition) is 1. The molecule has 0 heterocycles. The monoisotopic (exact) mass is 325 g/mol. The third kappa shape index (κ3) is 4.45. The zero-order valence-corrected chi connectivity index (χ0v) is 12.7. The fourth-order valence-corrected chi connectivity index (χ4v) is 2.17. The molecule has 0 aliphatic heterocycles. The lowest BCUT2D eigenvalue weighted by molar-refractivity contribution is 0.102. The number of aryl methyl sites for hydroxylation is 1. The van der Waals surface area contributed by atoms with Gasteiger partial charge in [-0.25, -0.2) is 4.39 Å². The van der Waals surface area contributed by atoms with Crippen molar-refractivity contribution in [3.8, 4) is 0 Å². The summed E-state index contributed by atoms with van der Waals surface area (Å²) in [4.78, 5) is 12.1. The minimum absolute atomic E-state index is 0.00498. The Morgan fingerprint density at radius 1 is 1.19 bits per heavy atom. The number of halogens is 3. The van der Waals surface area contributed by atoms with Crippen molar-refractivity contribution in [3.63, 3.8) is 0 Å². The Morgan fingerprint density at radius 3 is 2.71 bits per heavy atom. The summed E-state index contributed by atoms with van der Waals surface area (Å²) in [6.07, 6.45) is 1.73. The molecule has 1 amide bonds. The first kappa shape index (κ1) is 15.8. The Labute approximate surface area is 132 Å². The third-order valence-electron chi connectivity index (χ3n) is 2.97. The summed E-state index contributed by atoms with van der Waals surface area (Å²) in [7, 11) is 0. The Hall–Kier alpha value is -1.58. The lowest BCUT2D eigenvalue weighted by Gasteiger charge is -2.08. The standard InChI is InChI=1S/C16H14Cl2FNO/c17-8-2-4-11-3-1-5-13(9-11)20-16(21)12-6-7-14(18)15(19)10-12/h1,3,5-7,9-10H,2,4,8H2,(H,20,21). The van der Waals surface area contributed by atoms with E-state index in [1.54, 1.807) is 6.07 Å². The van der Waals surface area contributed by atoms with E-state index in [4.69, 9.17) is 23.2 Å². The lowest BCUT2D eigenvalue weighted by atomic mass is 10.1. The topological polar surface area (TPSA) is 29.1 Å². The van der Waals surface area contributed by atoms with Crippen LogP contribution in [0.4, 0.5) is 10.1 Å². The fraction of sp³-hybridized carbons (Fsp3) is 0.188. The van der Waals surface area contributed by atoms with Gasteiger partial charge in [-0.1, -0.05) is 23.7 Å². The molecular weight excluding hydrogens is 312 g/mol. The maximum absolute atomic E-state index is 13.4. The molecule has 110 valence electrons. The number of benzene rings is 2. The van der Waals surface area contributed by atoms with Crippen LogP contribution in [-0.2, 0) is 6.42 Å². The number of carbonyl (C=O) groups is 1. The van der Waals surface area contributed by atoms with Gasteiger partial charge in [-0.3, -0.25) is 4.79 Å². The van der Waals surface area contributed by atoms with Gasteiger partial charge in [-0.05, 0) is 48.7 Å². The summed E-state index contributed by atoms with van der Waals surface area (Å²) < 4.78 is 13.4. The van der Waals surface area contributed by atoms with Crippen LogP contribution in [0.5, 0.6) is 0 Å². The first-order valence-electron chi connectivity index (χ1n) is 6.51. The molecule has 0 aromatic heterocycles. The molecule has 2 rings (SSSR count). The van der Waals surface area contributed by atoms with Crippen molar-refractivity contribution in [1.29, 1.82) is 0 Å². The van der Waals surface area contributed by atoms with Crippen molar-refractivity contribution in [2.75, 3.05) is 11.2 Å². The van der Waals surface area contributed by atoms with Crippen LogP contribution in [0.3, 0.4) is 0 Å². The van der Waals surface area contributed by atoms with Crippen molar-refractivity contribution in [2.24, 2.45) is 0 Å². The molecule has 0 saturated carbocycles. The molecule has 5 heteroatoms. The summed E-state index contributed by atoms with van der Waals surface area (Å²) >= 11 is 11.3. The van der Waals surface area contributed by atoms with E-state index in [2.05, 4.69) is 5.32 Å². The van der Waals surface area contributed by atoms with Crippen LogP contribution in [0.25, 0.3) is 0 Å². The van der Waals surface area contributed by atoms with Gasteiger partial charge in [0.15, 0.2) is 0 Å². The van der Waals surface area contributed by atoms with Gasteiger partial charge in [-0.2, -0.15) is 0 Å². The molecule has 2 aromatic carbocycles. The Bertz CT molecular complexity index is 646. The molecule has 0 aliphatic rings. The summed E-state index contributed by atoms with van der Waals surface area (Å²) in [6, 6.07) is 11.5. The molecule has 2 nitrogen and oxygen atoms in total. The molecule has 0 radical (unpaired) electrons. The zero-order chi connectivity index (χ0) is 15.2. The summed E-state index contributed by atoms with van der Waals surface area (Å²) in [5.74, 6) is -0.388. The maximum Gasteiger partial charge on any atom is 0.255 e. The average molecular weight is 326 g/mol. The molecular formula is C16H14Cl2FNO. The van der Waals surface area contributed by atoms with Crippen molar-refractivity contribution >= 4 is 34.8 Å². The molecule has 0 unspecified atom stereocenters. The molecule has 2 aromatic rings. The smallest absolute Gasteiger partial charge is 0.255 e. The second kappa shape index (κ2) is 7.43. The van der Waals surface area contributed by atoms with E-state index in [1.165, 1.54) is 12.1 Å². The SMILES string of the molecule is O=C(Nc1cccc(CCCCl)c1)c1ccc(Cl)c(F)c1. The van der Waals surface area contributed by atoms with E-state index in [1.807, 2.05) is 18.2 Å². The van der Waals surface area contributed by atoms with Gasteiger partial charge < -0.3 is 5.32 Å². The number of anilines is 1. The Morgan fingerprint density at radius 2 is 2.00 bits per heavy atom. The van der Waals surface area contributed by atoms with Gasteiger partial charge in [0.1, 0.15) is 5.82 Å². The van der Waals surface area contributed by atoms with Crippen LogP contribution >= 0.6 is 23.2 Å². The summed E-state index contributed by atoms with van der Waals surface area (Å²) in [5, 5.41) is 2.74. The zero-order valence-electron chi connectivity index (χ0n) is 11.2. The van der Waals surface area contributed by atoms with E-state index in [-0.39, 0.29) is 16.5 Å². The number of rotatable bonds is 5. The van der Waals surface area contributed by atoms with Crippen molar-refractivity contribution < 1.29 is 9.18 Å². The van der Waals surface area contributed by atoms with E-state index in [0.717, 1.165) is 24.5 Å². The predicted octanol–water partition coefficient (Wildman–Crippen LogP) is 4.90. The molecule has 0 bridgehead atoms. The van der Waals surface area contributed by atoms with Gasteiger partial charge >= 0.3 is 0 Å². The number of amides is 1. The van der Waals surface area contributed by atoms with Crippen LogP contribution in [-0.4, -0.2) is 11.8 Å². The Balaban J connectivity index is 2.10. The van der Waals surface area contributed by atoms with Crippen LogP contribution in [0.1, 0.15) is 22.3 Å². The van der Waals surface area contributed by atoms with Crippen molar-refractivity contribution in [3.05, 3.63) is 64.4 Å². The number of nitrogens with one attached hydrogen (secondary N) is 1.